The van der Waals surface area contributed by atoms with E-state index in [0.29, 0.717) is 0 Å². The molecule has 1 heterocycles. The first-order valence-corrected chi connectivity index (χ1v) is 7.87. The van der Waals surface area contributed by atoms with E-state index in [0.717, 1.165) is 25.7 Å². The van der Waals surface area contributed by atoms with Crippen LogP contribution in [0.1, 0.15) is 31.2 Å². The second kappa shape index (κ2) is 6.23. The van der Waals surface area contributed by atoms with Crippen LogP contribution in [-0.2, 0) is 4.84 Å². The van der Waals surface area contributed by atoms with Gasteiger partial charge in [0.25, 0.3) is 0 Å². The van der Waals surface area contributed by atoms with Crippen molar-refractivity contribution < 1.29 is 4.84 Å². The summed E-state index contributed by atoms with van der Waals surface area (Å²) in [6.45, 7) is 0. The fourth-order valence-electron chi connectivity index (χ4n) is 2.70. The predicted molar refractivity (Wildman–Crippen MR) is 85.0 cm³/mol. The predicted octanol–water partition coefficient (Wildman–Crippen LogP) is 4.91. The average molecular weight is 284 g/mol. The lowest BCUT2D eigenvalue weighted by atomic mass is 9.82. The Kier molecular flexibility index (Phi) is 4.16. The Morgan fingerprint density at radius 3 is 2.50 bits per heavy atom. The fourth-order valence-corrected chi connectivity index (χ4v) is 3.36. The van der Waals surface area contributed by atoms with Crippen LogP contribution in [-0.4, -0.2) is 12.8 Å². The molecule has 2 nitrogen and oxygen atoms in total. The third kappa shape index (κ3) is 2.93. The van der Waals surface area contributed by atoms with E-state index >= 15 is 0 Å². The first kappa shape index (κ1) is 13.4. The maximum atomic E-state index is 4.87. The molecule has 0 amide bonds. The lowest BCUT2D eigenvalue weighted by Gasteiger charge is -2.22. The first-order chi connectivity index (χ1) is 9.86. The van der Waals surface area contributed by atoms with E-state index in [1.165, 1.54) is 28.3 Å². The summed E-state index contributed by atoms with van der Waals surface area (Å²) in [7, 11) is 1.62. The monoisotopic (exact) mass is 284 g/mol. The van der Waals surface area contributed by atoms with Gasteiger partial charge in [0, 0.05) is 5.92 Å². The lowest BCUT2D eigenvalue weighted by Crippen LogP contribution is -2.13. The highest BCUT2D eigenvalue weighted by Gasteiger charge is 2.20. The zero-order valence-electron chi connectivity index (χ0n) is 11.6. The van der Waals surface area contributed by atoms with E-state index in [4.69, 9.17) is 4.84 Å². The molecule has 0 saturated heterocycles. The van der Waals surface area contributed by atoms with Crippen LogP contribution in [0.5, 0.6) is 0 Å². The van der Waals surface area contributed by atoms with E-state index < -0.39 is 0 Å². The molecule has 0 spiro atoms. The number of thiophene rings is 1. The van der Waals surface area contributed by atoms with Crippen molar-refractivity contribution in [2.24, 2.45) is 5.16 Å². The highest BCUT2D eigenvalue weighted by Crippen LogP contribution is 2.33. The molecule has 1 aliphatic rings. The Bertz CT molecular complexity index is 579. The smallest absolute Gasteiger partial charge is 0.106 e. The van der Waals surface area contributed by atoms with Gasteiger partial charge in [0.2, 0.25) is 0 Å². The molecule has 0 N–H and O–H groups in total. The van der Waals surface area contributed by atoms with Crippen molar-refractivity contribution in [1.29, 1.82) is 0 Å². The van der Waals surface area contributed by atoms with Crippen molar-refractivity contribution in [1.82, 2.24) is 0 Å². The highest BCUT2D eigenvalue weighted by atomic mass is 32.1. The van der Waals surface area contributed by atoms with Crippen LogP contribution in [0.15, 0.2) is 46.2 Å². The SMILES string of the molecule is CON=C1CC[C](c2cccc(-c3ccsc3)c2)CC1. The van der Waals surface area contributed by atoms with Gasteiger partial charge in [-0.25, -0.2) is 0 Å². The van der Waals surface area contributed by atoms with Gasteiger partial charge in [-0.1, -0.05) is 29.4 Å². The third-order valence-electron chi connectivity index (χ3n) is 3.78. The number of hydrogen-bond acceptors (Lipinski definition) is 3. The fraction of sp³-hybridized carbons (Fsp3) is 0.294. The van der Waals surface area contributed by atoms with Crippen molar-refractivity contribution >= 4 is 17.0 Å². The van der Waals surface area contributed by atoms with E-state index in [-0.39, 0.29) is 0 Å². The molecule has 0 unspecified atom stereocenters. The second-order valence-electron chi connectivity index (χ2n) is 5.04. The molecular formula is C17H18NOS. The van der Waals surface area contributed by atoms with Crippen LogP contribution < -0.4 is 0 Å². The van der Waals surface area contributed by atoms with Crippen LogP contribution in [0, 0.1) is 5.92 Å². The van der Waals surface area contributed by atoms with Crippen LogP contribution in [0.2, 0.25) is 0 Å². The van der Waals surface area contributed by atoms with Crippen LogP contribution in [0.4, 0.5) is 0 Å². The van der Waals surface area contributed by atoms with Gasteiger partial charge in [0.15, 0.2) is 0 Å². The number of nitrogens with zero attached hydrogens (tertiary/aromatic N) is 1. The van der Waals surface area contributed by atoms with Crippen molar-refractivity contribution in [3.8, 4) is 11.1 Å². The van der Waals surface area contributed by atoms with Crippen molar-refractivity contribution in [3.05, 3.63) is 52.6 Å². The summed E-state index contributed by atoms with van der Waals surface area (Å²) in [6.07, 6.45) is 4.22. The summed E-state index contributed by atoms with van der Waals surface area (Å²) in [5, 5.41) is 8.41. The first-order valence-electron chi connectivity index (χ1n) is 6.93. The Morgan fingerprint density at radius 1 is 1.00 bits per heavy atom. The summed E-state index contributed by atoms with van der Waals surface area (Å²) < 4.78 is 0. The standard InChI is InChI=1S/C17H18NOS/c1-19-18-17-7-5-13(6-8-17)14-3-2-4-15(11-14)16-9-10-20-12-16/h2-4,9-12H,5-8H2,1H3. The van der Waals surface area contributed by atoms with Crippen molar-refractivity contribution in [2.45, 2.75) is 25.7 Å². The third-order valence-corrected chi connectivity index (χ3v) is 4.46. The molecule has 0 atom stereocenters. The number of rotatable bonds is 3. The number of hydrogen-bond donors (Lipinski definition) is 0. The molecule has 1 radical (unpaired) electrons. The van der Waals surface area contributed by atoms with Gasteiger partial charge in [-0.3, -0.25) is 0 Å². The minimum atomic E-state index is 1.02. The minimum absolute atomic E-state index is 1.02. The zero-order valence-corrected chi connectivity index (χ0v) is 12.5. The van der Waals surface area contributed by atoms with Gasteiger partial charge in [-0.15, -0.1) is 0 Å². The van der Waals surface area contributed by atoms with Crippen LogP contribution >= 0.6 is 11.3 Å². The van der Waals surface area contributed by atoms with E-state index in [1.807, 2.05) is 0 Å². The molecule has 1 aromatic carbocycles. The van der Waals surface area contributed by atoms with Crippen LogP contribution in [0.3, 0.4) is 0 Å². The average Bonchev–Trinajstić information content (AvgIpc) is 3.03. The molecule has 1 aliphatic carbocycles. The van der Waals surface area contributed by atoms with Gasteiger partial charge < -0.3 is 4.84 Å². The van der Waals surface area contributed by atoms with E-state index in [1.54, 1.807) is 18.4 Å². The summed E-state index contributed by atoms with van der Waals surface area (Å²) in [5.41, 5.74) is 5.19. The van der Waals surface area contributed by atoms with E-state index in [9.17, 15) is 0 Å². The Balaban J connectivity index is 1.75. The molecule has 1 aromatic heterocycles. The van der Waals surface area contributed by atoms with Crippen molar-refractivity contribution in [2.75, 3.05) is 7.11 Å². The molecule has 20 heavy (non-hydrogen) atoms. The van der Waals surface area contributed by atoms with Gasteiger partial charge in [-0.05, 0) is 59.2 Å². The van der Waals surface area contributed by atoms with Gasteiger partial charge in [0.1, 0.15) is 7.11 Å². The van der Waals surface area contributed by atoms with Gasteiger partial charge in [-0.2, -0.15) is 11.3 Å². The minimum Gasteiger partial charge on any atom is -0.399 e. The summed E-state index contributed by atoms with van der Waals surface area (Å²) in [4.78, 5) is 4.87. The molecule has 1 saturated carbocycles. The molecule has 103 valence electrons. The topological polar surface area (TPSA) is 21.6 Å². The summed E-state index contributed by atoms with van der Waals surface area (Å²) in [6, 6.07) is 11.1. The molecule has 3 rings (SSSR count). The normalized spacial score (nSPS) is 16.1. The molecule has 3 heteroatoms. The highest BCUT2D eigenvalue weighted by molar-refractivity contribution is 7.08. The van der Waals surface area contributed by atoms with Gasteiger partial charge in [0.05, 0.1) is 5.71 Å². The lowest BCUT2D eigenvalue weighted by molar-refractivity contribution is 0.211. The summed E-state index contributed by atoms with van der Waals surface area (Å²) >= 11 is 1.75. The zero-order chi connectivity index (χ0) is 13.8. The molecule has 2 aromatic rings. The van der Waals surface area contributed by atoms with Crippen LogP contribution in [0.25, 0.3) is 11.1 Å². The Morgan fingerprint density at radius 2 is 1.80 bits per heavy atom. The molecular weight excluding hydrogens is 266 g/mol. The maximum Gasteiger partial charge on any atom is 0.106 e. The quantitative estimate of drug-likeness (QED) is 0.733. The second-order valence-corrected chi connectivity index (χ2v) is 5.82. The molecule has 1 fully saturated rings. The Labute approximate surface area is 124 Å². The number of benzene rings is 1. The Hall–Kier alpha value is -1.61. The van der Waals surface area contributed by atoms with E-state index in [2.05, 4.69) is 46.2 Å². The van der Waals surface area contributed by atoms with Gasteiger partial charge >= 0.3 is 0 Å². The largest absolute Gasteiger partial charge is 0.399 e. The van der Waals surface area contributed by atoms with Crippen molar-refractivity contribution in [3.63, 3.8) is 0 Å². The molecule has 0 aliphatic heterocycles. The number of oxime groups is 1. The molecule has 0 bridgehead atoms. The maximum absolute atomic E-state index is 4.87. The summed E-state index contributed by atoms with van der Waals surface area (Å²) in [5.74, 6) is 1.54.